The number of aromatic nitrogens is 1. The highest BCUT2D eigenvalue weighted by Crippen LogP contribution is 2.15. The van der Waals surface area contributed by atoms with E-state index in [1.54, 1.807) is 0 Å². The highest BCUT2D eigenvalue weighted by Gasteiger charge is 2.09. The normalized spacial score (nSPS) is 9.58. The highest BCUT2D eigenvalue weighted by molar-refractivity contribution is 5.96. The lowest BCUT2D eigenvalue weighted by Crippen LogP contribution is -2.00. The number of rotatable bonds is 2. The summed E-state index contributed by atoms with van der Waals surface area (Å²) >= 11 is 0. The zero-order chi connectivity index (χ0) is 9.14. The van der Waals surface area contributed by atoms with Gasteiger partial charge in [0.2, 0.25) is 5.88 Å². The van der Waals surface area contributed by atoms with Crippen LogP contribution in [-0.2, 0) is 0 Å². The molecule has 1 heterocycles. The van der Waals surface area contributed by atoms with Gasteiger partial charge < -0.3 is 4.74 Å². The second-order valence-corrected chi connectivity index (χ2v) is 2.27. The van der Waals surface area contributed by atoms with Crippen molar-refractivity contribution in [1.82, 2.24) is 4.98 Å². The molecule has 0 amide bonds. The third-order valence-electron chi connectivity index (χ3n) is 1.39. The summed E-state index contributed by atoms with van der Waals surface area (Å²) in [6, 6.07) is 1.11. The van der Waals surface area contributed by atoms with Crippen LogP contribution in [0.2, 0.25) is 0 Å². The molecule has 3 nitrogen and oxygen atoms in total. The first-order valence-electron chi connectivity index (χ1n) is 3.35. The summed E-state index contributed by atoms with van der Waals surface area (Å²) in [5, 5.41) is 0. The molecule has 0 atom stereocenters. The molecule has 1 aromatic rings. The fourth-order valence-corrected chi connectivity index (χ4v) is 0.842. The van der Waals surface area contributed by atoms with Gasteiger partial charge in [-0.15, -0.1) is 0 Å². The monoisotopic (exact) mass is 169 g/mol. The molecule has 0 aliphatic carbocycles. The molecule has 64 valence electrons. The Bertz CT molecular complexity index is 312. The Morgan fingerprint density at radius 2 is 2.33 bits per heavy atom. The van der Waals surface area contributed by atoms with Crippen molar-refractivity contribution in [2.24, 2.45) is 0 Å². The van der Waals surface area contributed by atoms with Crippen molar-refractivity contribution in [3.8, 4) is 5.88 Å². The van der Waals surface area contributed by atoms with Crippen molar-refractivity contribution >= 4 is 5.78 Å². The Morgan fingerprint density at radius 3 is 2.83 bits per heavy atom. The van der Waals surface area contributed by atoms with Crippen LogP contribution in [0.15, 0.2) is 12.3 Å². The fourth-order valence-electron chi connectivity index (χ4n) is 0.842. The number of halogens is 1. The minimum Gasteiger partial charge on any atom is -0.480 e. The van der Waals surface area contributed by atoms with Crippen LogP contribution in [0.5, 0.6) is 5.88 Å². The predicted octanol–water partition coefficient (Wildman–Crippen LogP) is 1.43. The summed E-state index contributed by atoms with van der Waals surface area (Å²) in [6.07, 6.45) is 1.01. The fraction of sp³-hybridized carbons (Fsp3) is 0.250. The molecule has 0 saturated heterocycles. The van der Waals surface area contributed by atoms with Gasteiger partial charge in [-0.05, 0) is 13.0 Å². The third-order valence-corrected chi connectivity index (χ3v) is 1.39. The molecule has 1 aromatic heterocycles. The molecule has 0 aliphatic rings. The third kappa shape index (κ3) is 1.58. The standard InChI is InChI=1S/C8H8FNO2/c1-5(11)7-3-6(9)4-10-8(7)12-2/h3-4H,1-2H3. The van der Waals surface area contributed by atoms with Crippen LogP contribution in [0, 0.1) is 5.82 Å². The highest BCUT2D eigenvalue weighted by atomic mass is 19.1. The molecule has 0 aromatic carbocycles. The van der Waals surface area contributed by atoms with E-state index in [1.165, 1.54) is 14.0 Å². The SMILES string of the molecule is COc1ncc(F)cc1C(C)=O. The van der Waals surface area contributed by atoms with Crippen molar-refractivity contribution in [2.45, 2.75) is 6.92 Å². The number of hydrogen-bond donors (Lipinski definition) is 0. The average molecular weight is 169 g/mol. The minimum absolute atomic E-state index is 0.156. The Labute approximate surface area is 69.2 Å². The first-order chi connectivity index (χ1) is 5.65. The molecule has 0 unspecified atom stereocenters. The summed E-state index contributed by atoms with van der Waals surface area (Å²) in [5.41, 5.74) is 0.164. The topological polar surface area (TPSA) is 39.2 Å². The van der Waals surface area contributed by atoms with E-state index in [9.17, 15) is 9.18 Å². The van der Waals surface area contributed by atoms with Gasteiger partial charge in [0.25, 0.3) is 0 Å². The Kier molecular flexibility index (Phi) is 2.38. The van der Waals surface area contributed by atoms with Gasteiger partial charge in [-0.25, -0.2) is 9.37 Å². The number of hydrogen-bond acceptors (Lipinski definition) is 3. The molecule has 1 rings (SSSR count). The van der Waals surface area contributed by atoms with Crippen LogP contribution in [-0.4, -0.2) is 17.9 Å². The zero-order valence-electron chi connectivity index (χ0n) is 6.80. The molecule has 0 fully saturated rings. The van der Waals surface area contributed by atoms with Gasteiger partial charge in [0.1, 0.15) is 5.82 Å². The van der Waals surface area contributed by atoms with Gasteiger partial charge in [-0.2, -0.15) is 0 Å². The van der Waals surface area contributed by atoms with Crippen LogP contribution in [0.25, 0.3) is 0 Å². The number of methoxy groups -OCH3 is 1. The number of pyridine rings is 1. The smallest absolute Gasteiger partial charge is 0.224 e. The van der Waals surface area contributed by atoms with E-state index in [0.717, 1.165) is 12.3 Å². The lowest BCUT2D eigenvalue weighted by Gasteiger charge is -2.02. The molecule has 4 heteroatoms. The zero-order valence-corrected chi connectivity index (χ0v) is 6.80. The number of carbonyl (C=O) groups excluding carboxylic acids is 1. The van der Waals surface area contributed by atoms with Crippen molar-refractivity contribution < 1.29 is 13.9 Å². The van der Waals surface area contributed by atoms with E-state index in [2.05, 4.69) is 4.98 Å². The second-order valence-electron chi connectivity index (χ2n) is 2.27. The quantitative estimate of drug-likeness (QED) is 0.628. The van der Waals surface area contributed by atoms with Crippen molar-refractivity contribution in [3.05, 3.63) is 23.6 Å². The lowest BCUT2D eigenvalue weighted by atomic mass is 10.2. The molecule has 0 aliphatic heterocycles. The Morgan fingerprint density at radius 1 is 1.67 bits per heavy atom. The number of Topliss-reactive ketones (excluding diaryl/α,β-unsaturated/α-hetero) is 1. The summed E-state index contributed by atoms with van der Waals surface area (Å²) in [6.45, 7) is 1.33. The molecule has 12 heavy (non-hydrogen) atoms. The molecular formula is C8H8FNO2. The van der Waals surface area contributed by atoms with E-state index < -0.39 is 5.82 Å². The van der Waals surface area contributed by atoms with Gasteiger partial charge in [0.05, 0.1) is 18.9 Å². The molecule has 0 bridgehead atoms. The van der Waals surface area contributed by atoms with Crippen molar-refractivity contribution in [1.29, 1.82) is 0 Å². The van der Waals surface area contributed by atoms with Gasteiger partial charge in [-0.1, -0.05) is 0 Å². The van der Waals surface area contributed by atoms with Crippen molar-refractivity contribution in [2.75, 3.05) is 7.11 Å². The summed E-state index contributed by atoms with van der Waals surface area (Å²) in [5.74, 6) is -0.649. The second kappa shape index (κ2) is 3.30. The number of ether oxygens (including phenoxy) is 1. The summed E-state index contributed by atoms with van der Waals surface area (Å²) in [4.78, 5) is 14.5. The van der Waals surface area contributed by atoms with Gasteiger partial charge >= 0.3 is 0 Å². The molecular weight excluding hydrogens is 161 g/mol. The molecule has 0 radical (unpaired) electrons. The summed E-state index contributed by atoms with van der Waals surface area (Å²) in [7, 11) is 1.38. The van der Waals surface area contributed by atoms with E-state index in [0.29, 0.717) is 0 Å². The maximum atomic E-state index is 12.6. The van der Waals surface area contributed by atoms with Gasteiger partial charge in [0.15, 0.2) is 5.78 Å². The molecule has 0 spiro atoms. The van der Waals surface area contributed by atoms with E-state index >= 15 is 0 Å². The Balaban J connectivity index is 3.21. The number of nitrogens with zero attached hydrogens (tertiary/aromatic N) is 1. The maximum absolute atomic E-state index is 12.6. The van der Waals surface area contributed by atoms with E-state index in [1.807, 2.05) is 0 Å². The lowest BCUT2D eigenvalue weighted by molar-refractivity contribution is 0.101. The minimum atomic E-state index is -0.541. The van der Waals surface area contributed by atoms with Crippen LogP contribution in [0.1, 0.15) is 17.3 Å². The van der Waals surface area contributed by atoms with Crippen LogP contribution < -0.4 is 4.74 Å². The molecule has 0 saturated carbocycles. The predicted molar refractivity (Wildman–Crippen MR) is 40.8 cm³/mol. The maximum Gasteiger partial charge on any atom is 0.224 e. The van der Waals surface area contributed by atoms with E-state index in [-0.39, 0.29) is 17.2 Å². The summed E-state index contributed by atoms with van der Waals surface area (Å²) < 4.78 is 17.3. The van der Waals surface area contributed by atoms with Crippen LogP contribution in [0.3, 0.4) is 0 Å². The van der Waals surface area contributed by atoms with Crippen LogP contribution >= 0.6 is 0 Å². The largest absolute Gasteiger partial charge is 0.480 e. The number of ketones is 1. The number of carbonyl (C=O) groups is 1. The average Bonchev–Trinajstić information content (AvgIpc) is 2.04. The molecule has 0 N–H and O–H groups in total. The van der Waals surface area contributed by atoms with Crippen molar-refractivity contribution in [3.63, 3.8) is 0 Å². The van der Waals surface area contributed by atoms with Crippen LogP contribution in [0.4, 0.5) is 4.39 Å². The first kappa shape index (κ1) is 8.64. The van der Waals surface area contributed by atoms with Gasteiger partial charge in [-0.3, -0.25) is 4.79 Å². The Hall–Kier alpha value is -1.45. The van der Waals surface area contributed by atoms with Gasteiger partial charge in [0, 0.05) is 0 Å². The van der Waals surface area contributed by atoms with E-state index in [4.69, 9.17) is 4.74 Å². The first-order valence-corrected chi connectivity index (χ1v) is 3.35.